The molecule has 0 unspecified atom stereocenters. The van der Waals surface area contributed by atoms with Crippen molar-refractivity contribution in [2.45, 2.75) is 69.9 Å². The molecule has 1 saturated heterocycles. The summed E-state index contributed by atoms with van der Waals surface area (Å²) in [5.41, 5.74) is 0. The Morgan fingerprint density at radius 2 is 1.47 bits per heavy atom. The maximum atomic E-state index is 6.22. The molecule has 0 amide bonds. The van der Waals surface area contributed by atoms with Crippen LogP contribution in [0.2, 0.25) is 0 Å². The fraction of sp³-hybridized carbons (Fsp3) is 1.00. The molecule has 1 aliphatic carbocycles. The molecular weight excluding hydrogens is 242 g/mol. The molecule has 0 bridgehead atoms. The zero-order chi connectivity index (χ0) is 13.8. The molecule has 0 aromatic carbocycles. The predicted octanol–water partition coefficient (Wildman–Crippen LogP) is 2.07. The first kappa shape index (κ1) is 15.2. The number of methoxy groups -OCH3 is 2. The Labute approximate surface area is 117 Å². The highest BCUT2D eigenvalue weighted by Gasteiger charge is 2.36. The van der Waals surface area contributed by atoms with E-state index in [0.29, 0.717) is 30.4 Å². The lowest BCUT2D eigenvalue weighted by Gasteiger charge is -2.45. The summed E-state index contributed by atoms with van der Waals surface area (Å²) >= 11 is 0. The van der Waals surface area contributed by atoms with Crippen LogP contribution in [0.25, 0.3) is 0 Å². The van der Waals surface area contributed by atoms with Crippen molar-refractivity contribution in [2.24, 2.45) is 0 Å². The second-order valence-electron chi connectivity index (χ2n) is 6.11. The lowest BCUT2D eigenvalue weighted by Crippen LogP contribution is -2.51. The molecule has 1 heterocycles. The van der Waals surface area contributed by atoms with E-state index in [1.165, 1.54) is 0 Å². The minimum atomic E-state index is 0.423. The van der Waals surface area contributed by atoms with Crippen molar-refractivity contribution < 1.29 is 14.2 Å². The van der Waals surface area contributed by atoms with Crippen molar-refractivity contribution >= 4 is 0 Å². The number of hydrogen-bond acceptors (Lipinski definition) is 4. The van der Waals surface area contributed by atoms with Crippen molar-refractivity contribution in [3.8, 4) is 0 Å². The van der Waals surface area contributed by atoms with Crippen molar-refractivity contribution in [2.75, 3.05) is 27.4 Å². The topological polar surface area (TPSA) is 30.9 Å². The monoisotopic (exact) mass is 271 g/mol. The number of hydrogen-bond donors (Lipinski definition) is 0. The largest absolute Gasteiger partial charge is 0.383 e. The first-order valence-corrected chi connectivity index (χ1v) is 7.57. The van der Waals surface area contributed by atoms with Gasteiger partial charge in [-0.25, -0.2) is 0 Å². The van der Waals surface area contributed by atoms with Crippen molar-refractivity contribution in [1.29, 1.82) is 0 Å². The smallest absolute Gasteiger partial charge is 0.0628 e. The van der Waals surface area contributed by atoms with E-state index in [1.807, 2.05) is 0 Å². The highest BCUT2D eigenvalue weighted by Crippen LogP contribution is 2.31. The van der Waals surface area contributed by atoms with Gasteiger partial charge < -0.3 is 14.2 Å². The van der Waals surface area contributed by atoms with Crippen LogP contribution in [-0.4, -0.2) is 62.7 Å². The van der Waals surface area contributed by atoms with Crippen molar-refractivity contribution in [3.05, 3.63) is 0 Å². The Morgan fingerprint density at radius 3 is 2.00 bits per heavy atom. The molecule has 0 spiro atoms. The van der Waals surface area contributed by atoms with Crippen LogP contribution in [0.3, 0.4) is 0 Å². The van der Waals surface area contributed by atoms with Gasteiger partial charge in [0, 0.05) is 32.8 Å². The molecule has 1 saturated carbocycles. The van der Waals surface area contributed by atoms with Crippen LogP contribution < -0.4 is 0 Å². The molecule has 4 heteroatoms. The maximum absolute atomic E-state index is 6.22. The zero-order valence-electron chi connectivity index (χ0n) is 12.8. The zero-order valence-corrected chi connectivity index (χ0v) is 12.8. The maximum Gasteiger partial charge on any atom is 0.0628 e. The van der Waals surface area contributed by atoms with Gasteiger partial charge in [-0.2, -0.15) is 0 Å². The fourth-order valence-corrected chi connectivity index (χ4v) is 3.40. The predicted molar refractivity (Wildman–Crippen MR) is 75.4 cm³/mol. The third-order valence-electron chi connectivity index (χ3n) is 4.66. The summed E-state index contributed by atoms with van der Waals surface area (Å²) < 4.78 is 16.7. The number of piperidine rings is 1. The van der Waals surface area contributed by atoms with Gasteiger partial charge in [-0.3, -0.25) is 4.90 Å². The van der Waals surface area contributed by atoms with Gasteiger partial charge in [0.15, 0.2) is 0 Å². The van der Waals surface area contributed by atoms with Gasteiger partial charge in [-0.1, -0.05) is 0 Å². The minimum absolute atomic E-state index is 0.423. The molecule has 2 aliphatic rings. The summed E-state index contributed by atoms with van der Waals surface area (Å²) in [6.07, 6.45) is 5.71. The Balaban J connectivity index is 1.74. The van der Waals surface area contributed by atoms with E-state index in [9.17, 15) is 0 Å². The van der Waals surface area contributed by atoms with E-state index in [1.54, 1.807) is 14.2 Å². The number of nitrogens with zero attached hydrogens (tertiary/aromatic N) is 1. The lowest BCUT2D eigenvalue weighted by atomic mass is 9.90. The molecule has 0 aromatic rings. The Hall–Kier alpha value is -0.160. The highest BCUT2D eigenvalue weighted by molar-refractivity contribution is 4.88. The van der Waals surface area contributed by atoms with E-state index >= 15 is 0 Å². The molecule has 2 fully saturated rings. The van der Waals surface area contributed by atoms with Gasteiger partial charge in [-0.05, 0) is 39.5 Å². The number of ether oxygens (including phenoxy) is 3. The first-order chi connectivity index (χ1) is 9.13. The quantitative estimate of drug-likeness (QED) is 0.740. The van der Waals surface area contributed by atoms with E-state index in [2.05, 4.69) is 18.7 Å². The van der Waals surface area contributed by atoms with Crippen LogP contribution in [-0.2, 0) is 14.2 Å². The van der Waals surface area contributed by atoms with E-state index in [0.717, 1.165) is 38.8 Å². The summed E-state index contributed by atoms with van der Waals surface area (Å²) in [5, 5.41) is 0. The Bertz CT molecular complexity index is 256. The van der Waals surface area contributed by atoms with E-state index in [4.69, 9.17) is 14.2 Å². The van der Waals surface area contributed by atoms with Crippen molar-refractivity contribution in [1.82, 2.24) is 4.90 Å². The standard InChI is InChI=1S/C15H29NO3/c1-11-7-14(19-15-9-13(10-15)18-4)8-12(2)16(11)5-6-17-3/h11-15H,5-10H2,1-4H3/t11-,12+,13-,14+,15-. The SMILES string of the molecule is COCCN1[C@H](C)C[C@H](O[C@H]2C[C@H](OC)C2)C[C@@H]1C. The average Bonchev–Trinajstić information content (AvgIpc) is 2.32. The molecule has 2 rings (SSSR count). The molecule has 0 N–H and O–H groups in total. The molecule has 3 atom stereocenters. The van der Waals surface area contributed by atoms with Crippen LogP contribution in [0, 0.1) is 0 Å². The second kappa shape index (κ2) is 7.02. The summed E-state index contributed by atoms with van der Waals surface area (Å²) in [5.74, 6) is 0. The van der Waals surface area contributed by atoms with Crippen LogP contribution in [0.5, 0.6) is 0 Å². The van der Waals surface area contributed by atoms with Gasteiger partial charge in [0.25, 0.3) is 0 Å². The molecule has 4 nitrogen and oxygen atoms in total. The second-order valence-corrected chi connectivity index (χ2v) is 6.11. The molecule has 19 heavy (non-hydrogen) atoms. The van der Waals surface area contributed by atoms with Crippen LogP contribution >= 0.6 is 0 Å². The minimum Gasteiger partial charge on any atom is -0.383 e. The first-order valence-electron chi connectivity index (χ1n) is 7.57. The average molecular weight is 271 g/mol. The highest BCUT2D eigenvalue weighted by atomic mass is 16.5. The molecule has 1 aliphatic heterocycles. The number of rotatable bonds is 6. The molecule has 112 valence electrons. The Morgan fingerprint density at radius 1 is 0.895 bits per heavy atom. The number of likely N-dealkylation sites (tertiary alicyclic amines) is 1. The van der Waals surface area contributed by atoms with Gasteiger partial charge in [-0.15, -0.1) is 0 Å². The van der Waals surface area contributed by atoms with Gasteiger partial charge in [0.1, 0.15) is 0 Å². The van der Waals surface area contributed by atoms with Gasteiger partial charge in [0.05, 0.1) is 24.9 Å². The van der Waals surface area contributed by atoms with Crippen LogP contribution in [0.15, 0.2) is 0 Å². The Kier molecular flexibility index (Phi) is 5.63. The third kappa shape index (κ3) is 3.91. The molecule has 0 aromatic heterocycles. The summed E-state index contributed by atoms with van der Waals surface area (Å²) in [6, 6.07) is 1.17. The molecule has 0 radical (unpaired) electrons. The van der Waals surface area contributed by atoms with Crippen LogP contribution in [0.1, 0.15) is 39.5 Å². The summed E-state index contributed by atoms with van der Waals surface area (Å²) in [4.78, 5) is 2.54. The van der Waals surface area contributed by atoms with E-state index in [-0.39, 0.29) is 0 Å². The van der Waals surface area contributed by atoms with Gasteiger partial charge >= 0.3 is 0 Å². The summed E-state index contributed by atoms with van der Waals surface area (Å²) in [7, 11) is 3.56. The summed E-state index contributed by atoms with van der Waals surface area (Å²) in [6.45, 7) is 6.46. The lowest BCUT2D eigenvalue weighted by molar-refractivity contribution is -0.137. The van der Waals surface area contributed by atoms with E-state index < -0.39 is 0 Å². The van der Waals surface area contributed by atoms with Gasteiger partial charge in [0.2, 0.25) is 0 Å². The van der Waals surface area contributed by atoms with Crippen LogP contribution in [0.4, 0.5) is 0 Å². The third-order valence-corrected chi connectivity index (χ3v) is 4.66. The normalized spacial score (nSPS) is 40.1. The molecular formula is C15H29NO3. The van der Waals surface area contributed by atoms with Crippen molar-refractivity contribution in [3.63, 3.8) is 0 Å². The fourth-order valence-electron chi connectivity index (χ4n) is 3.40.